The van der Waals surface area contributed by atoms with Crippen molar-refractivity contribution < 1.29 is 19.1 Å². The van der Waals surface area contributed by atoms with Gasteiger partial charge in [0.05, 0.1) is 49.3 Å². The Hall–Kier alpha value is -6.38. The van der Waals surface area contributed by atoms with E-state index in [1.807, 2.05) is 66.9 Å². The van der Waals surface area contributed by atoms with Gasteiger partial charge in [-0.05, 0) is 81.4 Å². The summed E-state index contributed by atoms with van der Waals surface area (Å²) in [7, 11) is 1.57. The molecule has 7 rings (SSSR count). The predicted molar refractivity (Wildman–Crippen MR) is 230 cm³/mol. The molecule has 14 nitrogen and oxygen atoms in total. The molecule has 2 amide bonds. The summed E-state index contributed by atoms with van der Waals surface area (Å²) in [6.45, 7) is 6.09. The number of aliphatic imine (C=N–C) groups is 2. The smallest absolute Gasteiger partial charge is 0.222 e. The van der Waals surface area contributed by atoms with Gasteiger partial charge in [0.15, 0.2) is 5.82 Å². The maximum atomic E-state index is 13.5. The number of halogens is 2. The fraction of sp³-hybridized carbons (Fsp3) is 0.256. The number of hydrogen-bond donors (Lipinski definition) is 4. The molecular formula is C43H42Cl2N10O4. The Bertz CT molecular complexity index is 2500. The van der Waals surface area contributed by atoms with Gasteiger partial charge in [0, 0.05) is 38.8 Å². The molecule has 16 heteroatoms. The molecule has 0 saturated carbocycles. The molecule has 4 aromatic carbocycles. The first-order valence-corrected chi connectivity index (χ1v) is 19.7. The van der Waals surface area contributed by atoms with Crippen LogP contribution in [0.15, 0.2) is 94.9 Å². The number of aryl methyl sites for hydroxylation is 1. The van der Waals surface area contributed by atoms with Gasteiger partial charge in [-0.15, -0.1) is 10.2 Å². The number of nitrogens with zero attached hydrogens (tertiary/aromatic N) is 6. The minimum absolute atomic E-state index is 0.0119. The average Bonchev–Trinajstić information content (AvgIpc) is 3.48. The molecule has 3 heterocycles. The van der Waals surface area contributed by atoms with E-state index in [-0.39, 0.29) is 49.5 Å². The molecule has 4 N–H and O–H groups in total. The summed E-state index contributed by atoms with van der Waals surface area (Å²) in [6.07, 6.45) is -0.0719. The van der Waals surface area contributed by atoms with Crippen LogP contribution in [0.2, 0.25) is 10.0 Å². The first kappa shape index (κ1) is 40.8. The van der Waals surface area contributed by atoms with Gasteiger partial charge in [-0.2, -0.15) is 0 Å². The summed E-state index contributed by atoms with van der Waals surface area (Å²) in [5.74, 6) is 1.89. The zero-order chi connectivity index (χ0) is 41.8. The molecule has 2 aliphatic heterocycles. The molecule has 5 aromatic rings. The van der Waals surface area contributed by atoms with Crippen molar-refractivity contribution in [1.82, 2.24) is 25.4 Å². The van der Waals surface area contributed by atoms with Crippen LogP contribution in [0.1, 0.15) is 66.6 Å². The number of benzodiazepines with no additional fused rings is 1. The van der Waals surface area contributed by atoms with Gasteiger partial charge in [0.25, 0.3) is 0 Å². The Kier molecular flexibility index (Phi) is 12.2. The van der Waals surface area contributed by atoms with Gasteiger partial charge in [0.2, 0.25) is 11.8 Å². The van der Waals surface area contributed by atoms with E-state index in [1.165, 1.54) is 4.90 Å². The molecule has 0 bridgehead atoms. The minimum Gasteiger partial charge on any atom is -0.497 e. The number of amides is 2. The van der Waals surface area contributed by atoms with Crippen LogP contribution in [-0.2, 0) is 9.59 Å². The van der Waals surface area contributed by atoms with E-state index in [4.69, 9.17) is 48.1 Å². The summed E-state index contributed by atoms with van der Waals surface area (Å²) in [4.78, 5) is 37.9. The van der Waals surface area contributed by atoms with Crippen LogP contribution in [-0.4, -0.2) is 82.5 Å². The van der Waals surface area contributed by atoms with Gasteiger partial charge < -0.3 is 20.1 Å². The van der Waals surface area contributed by atoms with Gasteiger partial charge >= 0.3 is 0 Å². The number of methoxy groups -OCH3 is 1. The molecule has 59 heavy (non-hydrogen) atoms. The van der Waals surface area contributed by atoms with Crippen molar-refractivity contribution in [3.63, 3.8) is 0 Å². The Morgan fingerprint density at radius 1 is 0.780 bits per heavy atom. The summed E-state index contributed by atoms with van der Waals surface area (Å²) in [5.41, 5.74) is 5.44. The van der Waals surface area contributed by atoms with Gasteiger partial charge in [0.1, 0.15) is 47.7 Å². The zero-order valence-corrected chi connectivity index (χ0v) is 34.4. The zero-order valence-electron chi connectivity index (χ0n) is 32.8. The highest BCUT2D eigenvalue weighted by Crippen LogP contribution is 2.36. The Morgan fingerprint density at radius 2 is 1.34 bits per heavy atom. The van der Waals surface area contributed by atoms with Crippen molar-refractivity contribution in [1.29, 1.82) is 10.8 Å². The largest absolute Gasteiger partial charge is 0.497 e. The third-order valence-electron chi connectivity index (χ3n) is 9.83. The molecule has 0 radical (unpaired) electrons. The minimum atomic E-state index is -0.918. The first-order chi connectivity index (χ1) is 28.4. The lowest BCUT2D eigenvalue weighted by atomic mass is 9.99. The fourth-order valence-electron chi connectivity index (χ4n) is 7.13. The van der Waals surface area contributed by atoms with E-state index in [2.05, 4.69) is 20.8 Å². The topological polar surface area (TPSA) is 183 Å². The Morgan fingerprint density at radius 3 is 1.97 bits per heavy atom. The second-order valence-corrected chi connectivity index (χ2v) is 14.7. The normalized spacial score (nSPS) is 15.7. The van der Waals surface area contributed by atoms with E-state index in [0.717, 1.165) is 22.4 Å². The summed E-state index contributed by atoms with van der Waals surface area (Å²) in [6, 6.07) is 24.0. The number of aromatic nitrogens is 3. The molecular weight excluding hydrogens is 791 g/mol. The molecule has 2 aliphatic rings. The number of carbonyl (C=O) groups excluding carboxylic acids is 2. The molecule has 1 aromatic heterocycles. The van der Waals surface area contributed by atoms with Crippen LogP contribution in [0, 0.1) is 17.7 Å². The Balaban J connectivity index is 1.11. The molecule has 2 atom stereocenters. The third-order valence-corrected chi connectivity index (χ3v) is 10.3. The van der Waals surface area contributed by atoms with Crippen LogP contribution in [0.25, 0.3) is 5.69 Å². The van der Waals surface area contributed by atoms with E-state index in [1.54, 1.807) is 50.4 Å². The lowest BCUT2D eigenvalue weighted by molar-refractivity contribution is -0.122. The number of fused-ring (bicyclic) bond motifs is 4. The van der Waals surface area contributed by atoms with Crippen LogP contribution >= 0.6 is 23.2 Å². The van der Waals surface area contributed by atoms with Crippen molar-refractivity contribution >= 4 is 63.8 Å². The highest BCUT2D eigenvalue weighted by atomic mass is 35.5. The lowest BCUT2D eigenvalue weighted by Crippen LogP contribution is -2.42. The number of benzene rings is 4. The monoisotopic (exact) mass is 832 g/mol. The van der Waals surface area contributed by atoms with Crippen molar-refractivity contribution in [3.05, 3.63) is 129 Å². The van der Waals surface area contributed by atoms with Gasteiger partial charge in [-0.25, -0.2) is 0 Å². The predicted octanol–water partition coefficient (Wildman–Crippen LogP) is 6.90. The first-order valence-electron chi connectivity index (χ1n) is 19.0. The maximum absolute atomic E-state index is 13.5. The number of carbonyl (C=O) groups is 2. The molecule has 0 fully saturated rings. The number of ether oxygens (including phenoxy) is 2. The number of rotatable bonds is 12. The quantitative estimate of drug-likeness (QED) is 0.0599. The van der Waals surface area contributed by atoms with Crippen LogP contribution in [0.3, 0.4) is 0 Å². The maximum Gasteiger partial charge on any atom is 0.222 e. The number of anilines is 1. The van der Waals surface area contributed by atoms with Crippen molar-refractivity contribution in [2.75, 3.05) is 31.7 Å². The van der Waals surface area contributed by atoms with E-state index >= 15 is 0 Å². The summed E-state index contributed by atoms with van der Waals surface area (Å²) < 4.78 is 13.6. The van der Waals surface area contributed by atoms with E-state index in [0.29, 0.717) is 62.4 Å². The second kappa shape index (κ2) is 17.6. The van der Waals surface area contributed by atoms with Crippen molar-refractivity contribution in [3.8, 4) is 17.2 Å². The molecule has 0 saturated heterocycles. The number of amidine groups is 2. The highest BCUT2D eigenvalue weighted by molar-refractivity contribution is 6.31. The van der Waals surface area contributed by atoms with Crippen LogP contribution in [0.4, 0.5) is 5.69 Å². The van der Waals surface area contributed by atoms with Crippen molar-refractivity contribution in [2.24, 2.45) is 9.98 Å². The fourth-order valence-corrected chi connectivity index (χ4v) is 7.38. The van der Waals surface area contributed by atoms with Gasteiger partial charge in [-0.3, -0.25) is 39.9 Å². The van der Waals surface area contributed by atoms with E-state index in [9.17, 15) is 15.0 Å². The standard InChI is InChI=1S/C43H42Cl2N10O4/c1-5-48-38(56)23-35-43-53-52-25(3)55(43)37-17-15-31(21-33(37)41(51-35)27-8-12-29(45)13-9-27)59-19-18-49-39(57)22-34-42(47)54(24(2)46)36-16-14-30(58-4)20-32(36)40(50-34)26-6-10-28(44)11-7-26/h6-17,20-21,34-35,46-47H,5,18-19,22-23H2,1-4H3,(H,48,56)(H,49,57)/t34-,35?/m0/s1. The third kappa shape index (κ3) is 8.74. The molecule has 1 unspecified atom stereocenters. The lowest BCUT2D eigenvalue weighted by Gasteiger charge is -2.26. The van der Waals surface area contributed by atoms with Crippen molar-refractivity contribution in [2.45, 2.75) is 45.7 Å². The summed E-state index contributed by atoms with van der Waals surface area (Å²) >= 11 is 12.5. The number of hydrogen-bond acceptors (Lipinski definition) is 10. The second-order valence-electron chi connectivity index (χ2n) is 13.9. The SMILES string of the molecule is CCNC(=O)CC1N=C(c2ccc(Cl)cc2)c2cc(OCCNC(=O)C[C@@H]3N=C(c4ccc(Cl)cc4)c4cc(OC)ccc4N(C(C)=N)C3=N)ccc2-n2c(C)nnc21. The number of nitrogens with one attached hydrogen (secondary N) is 4. The summed E-state index contributed by atoms with van der Waals surface area (Å²) in [5, 5.41) is 33.5. The Labute approximate surface area is 351 Å². The van der Waals surface area contributed by atoms with Crippen LogP contribution < -0.4 is 25.0 Å². The average molecular weight is 834 g/mol. The van der Waals surface area contributed by atoms with E-state index < -0.39 is 12.1 Å². The molecule has 302 valence electrons. The van der Waals surface area contributed by atoms with Gasteiger partial charge in [-0.1, -0.05) is 47.5 Å². The molecule has 0 spiro atoms. The highest BCUT2D eigenvalue weighted by Gasteiger charge is 2.33. The van der Waals surface area contributed by atoms with Crippen LogP contribution in [0.5, 0.6) is 11.5 Å². The molecule has 0 aliphatic carbocycles.